The number of hydrogen-bond donors (Lipinski definition) is 0. The molecule has 0 spiro atoms. The van der Waals surface area contributed by atoms with E-state index < -0.39 is 0 Å². The first kappa shape index (κ1) is 9.97. The Morgan fingerprint density at radius 3 is 2.80 bits per heavy atom. The van der Waals surface area contributed by atoms with Crippen molar-refractivity contribution >= 4 is 12.0 Å². The van der Waals surface area contributed by atoms with Gasteiger partial charge in [-0.05, 0) is 31.0 Å². The molecule has 15 heavy (non-hydrogen) atoms. The van der Waals surface area contributed by atoms with Crippen LogP contribution in [0.1, 0.15) is 35.3 Å². The smallest absolute Gasteiger partial charge is 0.254 e. The highest BCUT2D eigenvalue weighted by molar-refractivity contribution is 5.99. The Labute approximate surface area is 90.2 Å². The van der Waals surface area contributed by atoms with E-state index in [2.05, 4.69) is 6.58 Å². The second kappa shape index (κ2) is 3.54. The van der Waals surface area contributed by atoms with Gasteiger partial charge in [0, 0.05) is 18.2 Å². The zero-order valence-corrected chi connectivity index (χ0v) is 9.16. The van der Waals surface area contributed by atoms with Crippen LogP contribution in [0.2, 0.25) is 0 Å². The van der Waals surface area contributed by atoms with Crippen molar-refractivity contribution in [2.75, 3.05) is 0 Å². The van der Waals surface area contributed by atoms with E-state index in [0.717, 1.165) is 23.2 Å². The van der Waals surface area contributed by atoms with E-state index in [1.807, 2.05) is 36.9 Å². The van der Waals surface area contributed by atoms with Crippen molar-refractivity contribution in [2.45, 2.75) is 26.4 Å². The molecule has 0 aromatic heterocycles. The topological polar surface area (TPSA) is 20.3 Å². The predicted octanol–water partition coefficient (Wildman–Crippen LogP) is 2.69. The molecule has 0 fully saturated rings. The zero-order valence-electron chi connectivity index (χ0n) is 9.16. The van der Waals surface area contributed by atoms with Gasteiger partial charge in [0.15, 0.2) is 0 Å². The molecule has 2 rings (SSSR count). The molecule has 1 aliphatic rings. The summed E-state index contributed by atoms with van der Waals surface area (Å²) >= 11 is 0. The first-order valence-electron chi connectivity index (χ1n) is 5.20. The summed E-state index contributed by atoms with van der Waals surface area (Å²) in [5, 5.41) is 0. The number of carbonyl (C=O) groups is 1. The molecule has 1 aromatic carbocycles. The van der Waals surface area contributed by atoms with Gasteiger partial charge in [-0.15, -0.1) is 0 Å². The molecule has 78 valence electrons. The van der Waals surface area contributed by atoms with E-state index >= 15 is 0 Å². The largest absolute Gasteiger partial charge is 0.332 e. The monoisotopic (exact) mass is 201 g/mol. The first-order chi connectivity index (χ1) is 7.13. The van der Waals surface area contributed by atoms with Crippen molar-refractivity contribution in [3.05, 3.63) is 41.5 Å². The minimum Gasteiger partial charge on any atom is -0.332 e. The molecule has 1 aliphatic heterocycles. The van der Waals surface area contributed by atoms with E-state index in [9.17, 15) is 4.79 Å². The van der Waals surface area contributed by atoms with E-state index in [4.69, 9.17) is 0 Å². The lowest BCUT2D eigenvalue weighted by Gasteiger charge is -2.19. The standard InChI is InChI=1S/C13H15NO/c1-4-10-5-6-11-8-14(9(2)3)13(15)12(11)7-10/h4-7,9H,1,8H2,2-3H3. The van der Waals surface area contributed by atoms with Gasteiger partial charge in [-0.3, -0.25) is 4.79 Å². The van der Waals surface area contributed by atoms with Crippen LogP contribution in [0.25, 0.3) is 6.08 Å². The summed E-state index contributed by atoms with van der Waals surface area (Å²) < 4.78 is 0. The fourth-order valence-electron chi connectivity index (χ4n) is 1.89. The maximum Gasteiger partial charge on any atom is 0.254 e. The number of carbonyl (C=O) groups excluding carboxylic acids is 1. The molecule has 0 unspecified atom stereocenters. The summed E-state index contributed by atoms with van der Waals surface area (Å²) in [5.74, 6) is 0.142. The number of fused-ring (bicyclic) bond motifs is 1. The molecular weight excluding hydrogens is 186 g/mol. The van der Waals surface area contributed by atoms with Crippen molar-refractivity contribution in [1.29, 1.82) is 0 Å². The van der Waals surface area contributed by atoms with Crippen LogP contribution in [-0.4, -0.2) is 16.8 Å². The highest BCUT2D eigenvalue weighted by Gasteiger charge is 2.28. The van der Waals surface area contributed by atoms with Crippen molar-refractivity contribution in [3.8, 4) is 0 Å². The van der Waals surface area contributed by atoms with Crippen LogP contribution in [0.15, 0.2) is 24.8 Å². The molecule has 1 heterocycles. The molecule has 0 saturated heterocycles. The maximum atomic E-state index is 12.0. The Balaban J connectivity index is 2.42. The van der Waals surface area contributed by atoms with E-state index in [-0.39, 0.29) is 11.9 Å². The van der Waals surface area contributed by atoms with Crippen LogP contribution < -0.4 is 0 Å². The summed E-state index contributed by atoms with van der Waals surface area (Å²) in [4.78, 5) is 13.9. The molecule has 0 aliphatic carbocycles. The Morgan fingerprint density at radius 1 is 1.47 bits per heavy atom. The van der Waals surface area contributed by atoms with Gasteiger partial charge < -0.3 is 4.90 Å². The van der Waals surface area contributed by atoms with Gasteiger partial charge in [0.2, 0.25) is 0 Å². The van der Waals surface area contributed by atoms with Crippen molar-refractivity contribution in [1.82, 2.24) is 4.90 Å². The quantitative estimate of drug-likeness (QED) is 0.720. The van der Waals surface area contributed by atoms with E-state index in [1.165, 1.54) is 0 Å². The number of nitrogens with zero attached hydrogens (tertiary/aromatic N) is 1. The second-order valence-corrected chi connectivity index (χ2v) is 4.15. The molecule has 0 N–H and O–H groups in total. The molecule has 0 radical (unpaired) electrons. The molecular formula is C13H15NO. The lowest BCUT2D eigenvalue weighted by atomic mass is 10.1. The van der Waals surface area contributed by atoms with Gasteiger partial charge in [-0.2, -0.15) is 0 Å². The van der Waals surface area contributed by atoms with Gasteiger partial charge in [-0.25, -0.2) is 0 Å². The van der Waals surface area contributed by atoms with Gasteiger partial charge in [0.05, 0.1) is 0 Å². The van der Waals surface area contributed by atoms with E-state index in [1.54, 1.807) is 6.08 Å². The summed E-state index contributed by atoms with van der Waals surface area (Å²) in [5.41, 5.74) is 2.97. The molecule has 0 saturated carbocycles. The normalized spacial score (nSPS) is 14.6. The van der Waals surface area contributed by atoms with Gasteiger partial charge >= 0.3 is 0 Å². The van der Waals surface area contributed by atoms with Crippen molar-refractivity contribution in [2.24, 2.45) is 0 Å². The average Bonchev–Trinajstić information content (AvgIpc) is 2.56. The maximum absolute atomic E-state index is 12.0. The van der Waals surface area contributed by atoms with Crippen molar-refractivity contribution < 1.29 is 4.79 Å². The first-order valence-corrected chi connectivity index (χ1v) is 5.20. The second-order valence-electron chi connectivity index (χ2n) is 4.15. The SMILES string of the molecule is C=Cc1ccc2c(c1)C(=O)N(C(C)C)C2. The third kappa shape index (κ3) is 1.56. The Morgan fingerprint density at radius 2 is 2.20 bits per heavy atom. The van der Waals surface area contributed by atoms with Crippen LogP contribution >= 0.6 is 0 Å². The minimum atomic E-state index is 0.142. The van der Waals surface area contributed by atoms with Crippen LogP contribution in [0.3, 0.4) is 0 Å². The lowest BCUT2D eigenvalue weighted by Crippen LogP contribution is -2.30. The fraction of sp³-hybridized carbons (Fsp3) is 0.308. The third-order valence-corrected chi connectivity index (χ3v) is 2.82. The number of hydrogen-bond acceptors (Lipinski definition) is 1. The Hall–Kier alpha value is -1.57. The molecule has 2 nitrogen and oxygen atoms in total. The van der Waals surface area contributed by atoms with Gasteiger partial charge in [0.1, 0.15) is 0 Å². The fourth-order valence-corrected chi connectivity index (χ4v) is 1.89. The third-order valence-electron chi connectivity index (χ3n) is 2.82. The highest BCUT2D eigenvalue weighted by Crippen LogP contribution is 2.25. The number of rotatable bonds is 2. The number of benzene rings is 1. The molecule has 0 atom stereocenters. The lowest BCUT2D eigenvalue weighted by molar-refractivity contribution is 0.0730. The molecule has 2 heteroatoms. The number of amides is 1. The molecule has 0 bridgehead atoms. The zero-order chi connectivity index (χ0) is 11.0. The van der Waals surface area contributed by atoms with Crippen LogP contribution in [0.5, 0.6) is 0 Å². The molecule has 1 aromatic rings. The Bertz CT molecular complexity index is 421. The Kier molecular flexibility index (Phi) is 2.35. The van der Waals surface area contributed by atoms with Crippen molar-refractivity contribution in [3.63, 3.8) is 0 Å². The molecule has 1 amide bonds. The van der Waals surface area contributed by atoms with Crippen LogP contribution in [0.4, 0.5) is 0 Å². The summed E-state index contributed by atoms with van der Waals surface area (Å²) in [6, 6.07) is 6.21. The average molecular weight is 201 g/mol. The highest BCUT2D eigenvalue weighted by atomic mass is 16.2. The summed E-state index contributed by atoms with van der Waals surface area (Å²) in [6.45, 7) is 8.53. The van der Waals surface area contributed by atoms with Crippen LogP contribution in [-0.2, 0) is 6.54 Å². The van der Waals surface area contributed by atoms with Gasteiger partial charge in [0.25, 0.3) is 5.91 Å². The summed E-state index contributed by atoms with van der Waals surface area (Å²) in [7, 11) is 0. The van der Waals surface area contributed by atoms with E-state index in [0.29, 0.717) is 0 Å². The van der Waals surface area contributed by atoms with Gasteiger partial charge in [-0.1, -0.05) is 24.8 Å². The van der Waals surface area contributed by atoms with Crippen LogP contribution in [0, 0.1) is 0 Å². The predicted molar refractivity (Wildman–Crippen MR) is 61.5 cm³/mol. The summed E-state index contributed by atoms with van der Waals surface area (Å²) in [6.07, 6.45) is 1.77. The minimum absolute atomic E-state index is 0.142.